The second kappa shape index (κ2) is 10.4. The summed E-state index contributed by atoms with van der Waals surface area (Å²) in [5.41, 5.74) is 5.53. The van der Waals surface area contributed by atoms with Crippen molar-refractivity contribution in [3.05, 3.63) is 126 Å². The number of benzene rings is 3. The van der Waals surface area contributed by atoms with Gasteiger partial charge in [-0.2, -0.15) is 5.10 Å². The lowest BCUT2D eigenvalue weighted by Gasteiger charge is -2.18. The lowest BCUT2D eigenvalue weighted by molar-refractivity contribution is 0.0785. The smallest absolute Gasteiger partial charge is 0.291 e. The van der Waals surface area contributed by atoms with Crippen LogP contribution < -0.4 is 5.32 Å². The van der Waals surface area contributed by atoms with Crippen LogP contribution in [0.15, 0.2) is 108 Å². The maximum atomic E-state index is 13.4. The third-order valence-electron chi connectivity index (χ3n) is 6.09. The molecule has 2 heterocycles. The third kappa shape index (κ3) is 5.21. The average molecular weight is 491 g/mol. The number of carbonyl (C=O) groups excluding carboxylic acids is 2. The highest BCUT2D eigenvalue weighted by Crippen LogP contribution is 2.26. The van der Waals surface area contributed by atoms with Gasteiger partial charge in [0, 0.05) is 42.2 Å². The molecule has 0 spiro atoms. The molecule has 0 saturated heterocycles. The van der Waals surface area contributed by atoms with E-state index in [9.17, 15) is 9.59 Å². The SMILES string of the molecule is Cc1ccc(C(=O)N(C)Cc2cn(-c3ccccc3)nc2-c2ccccc2)cc1NC(=O)c1ccco1. The lowest BCUT2D eigenvalue weighted by atomic mass is 10.1. The number of amides is 2. The van der Waals surface area contributed by atoms with E-state index in [0.717, 1.165) is 28.1 Å². The molecule has 0 aliphatic rings. The van der Waals surface area contributed by atoms with E-state index in [1.54, 1.807) is 36.2 Å². The fourth-order valence-corrected chi connectivity index (χ4v) is 4.11. The summed E-state index contributed by atoms with van der Waals surface area (Å²) in [5.74, 6) is -0.330. The van der Waals surface area contributed by atoms with E-state index in [0.29, 0.717) is 17.8 Å². The van der Waals surface area contributed by atoms with Crippen LogP contribution in [0.3, 0.4) is 0 Å². The zero-order valence-electron chi connectivity index (χ0n) is 20.6. The van der Waals surface area contributed by atoms with Crippen LogP contribution >= 0.6 is 0 Å². The summed E-state index contributed by atoms with van der Waals surface area (Å²) in [6, 6.07) is 28.3. The topological polar surface area (TPSA) is 80.4 Å². The van der Waals surface area contributed by atoms with E-state index in [1.807, 2.05) is 84.5 Å². The number of rotatable bonds is 7. The van der Waals surface area contributed by atoms with Gasteiger partial charge in [0.1, 0.15) is 0 Å². The number of furan rings is 1. The summed E-state index contributed by atoms with van der Waals surface area (Å²) in [6.07, 6.45) is 3.41. The summed E-state index contributed by atoms with van der Waals surface area (Å²) in [7, 11) is 1.76. The van der Waals surface area contributed by atoms with Crippen LogP contribution in [0.1, 0.15) is 32.0 Å². The number of nitrogens with zero attached hydrogens (tertiary/aromatic N) is 3. The highest BCUT2D eigenvalue weighted by molar-refractivity contribution is 6.04. The maximum absolute atomic E-state index is 13.4. The van der Waals surface area contributed by atoms with Gasteiger partial charge in [-0.15, -0.1) is 0 Å². The van der Waals surface area contributed by atoms with Crippen LogP contribution in [0, 0.1) is 6.92 Å². The molecule has 7 nitrogen and oxygen atoms in total. The molecule has 5 rings (SSSR count). The first-order valence-electron chi connectivity index (χ1n) is 11.9. The highest BCUT2D eigenvalue weighted by Gasteiger charge is 2.19. The molecule has 0 saturated carbocycles. The number of carbonyl (C=O) groups is 2. The summed E-state index contributed by atoms with van der Waals surface area (Å²) in [6.45, 7) is 2.23. The number of hydrogen-bond acceptors (Lipinski definition) is 4. The normalized spacial score (nSPS) is 10.8. The predicted octanol–water partition coefficient (Wildman–Crippen LogP) is 5.97. The molecule has 5 aromatic rings. The van der Waals surface area contributed by atoms with Crippen LogP contribution in [-0.2, 0) is 6.54 Å². The van der Waals surface area contributed by atoms with E-state index in [2.05, 4.69) is 5.32 Å². The Hall–Kier alpha value is -4.91. The Morgan fingerprint density at radius 3 is 2.38 bits per heavy atom. The second-order valence-corrected chi connectivity index (χ2v) is 8.77. The van der Waals surface area contributed by atoms with Gasteiger partial charge in [-0.05, 0) is 48.9 Å². The Bertz CT molecular complexity index is 1520. The zero-order valence-corrected chi connectivity index (χ0v) is 20.6. The lowest BCUT2D eigenvalue weighted by Crippen LogP contribution is -2.26. The number of para-hydroxylation sites is 1. The zero-order chi connectivity index (χ0) is 25.8. The van der Waals surface area contributed by atoms with Crippen molar-refractivity contribution in [1.82, 2.24) is 14.7 Å². The molecule has 0 unspecified atom stereocenters. The van der Waals surface area contributed by atoms with Crippen molar-refractivity contribution in [2.75, 3.05) is 12.4 Å². The van der Waals surface area contributed by atoms with Crippen molar-refractivity contribution < 1.29 is 14.0 Å². The number of hydrogen-bond donors (Lipinski definition) is 1. The fourth-order valence-electron chi connectivity index (χ4n) is 4.11. The standard InChI is InChI=1S/C30H26N4O3/c1-21-15-16-23(18-26(21)31-29(35)27-14-9-17-37-27)30(36)33(2)19-24-20-34(25-12-7-4-8-13-25)32-28(24)22-10-5-3-6-11-22/h3-18,20H,19H2,1-2H3,(H,31,35). The molecular weight excluding hydrogens is 464 g/mol. The van der Waals surface area contributed by atoms with Gasteiger partial charge in [0.15, 0.2) is 5.76 Å². The Labute approximate surface area is 215 Å². The van der Waals surface area contributed by atoms with Gasteiger partial charge in [0.05, 0.1) is 17.6 Å². The van der Waals surface area contributed by atoms with Crippen molar-refractivity contribution in [2.24, 2.45) is 0 Å². The Morgan fingerprint density at radius 1 is 0.946 bits per heavy atom. The Kier molecular flexibility index (Phi) is 6.68. The van der Waals surface area contributed by atoms with Crippen LogP contribution in [0.5, 0.6) is 0 Å². The van der Waals surface area contributed by atoms with Gasteiger partial charge in [0.2, 0.25) is 0 Å². The molecule has 2 amide bonds. The molecule has 0 fully saturated rings. The molecule has 0 aliphatic carbocycles. The molecule has 3 aromatic carbocycles. The Morgan fingerprint density at radius 2 is 1.68 bits per heavy atom. The first kappa shape index (κ1) is 23.8. The van der Waals surface area contributed by atoms with E-state index in [1.165, 1.54) is 6.26 Å². The summed E-state index contributed by atoms with van der Waals surface area (Å²) in [4.78, 5) is 27.5. The van der Waals surface area contributed by atoms with Crippen LogP contribution in [-0.4, -0.2) is 33.5 Å². The molecule has 0 aliphatic heterocycles. The Balaban J connectivity index is 1.40. The molecule has 2 aromatic heterocycles. The van der Waals surface area contributed by atoms with Crippen molar-refractivity contribution in [3.63, 3.8) is 0 Å². The molecule has 7 heteroatoms. The monoisotopic (exact) mass is 490 g/mol. The number of aromatic nitrogens is 2. The number of aryl methyl sites for hydroxylation is 1. The minimum Gasteiger partial charge on any atom is -0.459 e. The molecule has 0 radical (unpaired) electrons. The average Bonchev–Trinajstić information content (AvgIpc) is 3.61. The van der Waals surface area contributed by atoms with Gasteiger partial charge in [-0.25, -0.2) is 4.68 Å². The van der Waals surface area contributed by atoms with Crippen molar-refractivity contribution in [1.29, 1.82) is 0 Å². The van der Waals surface area contributed by atoms with E-state index in [-0.39, 0.29) is 17.6 Å². The fraction of sp³-hybridized carbons (Fsp3) is 0.100. The van der Waals surface area contributed by atoms with E-state index in [4.69, 9.17) is 9.52 Å². The summed E-state index contributed by atoms with van der Waals surface area (Å²) >= 11 is 0. The molecule has 37 heavy (non-hydrogen) atoms. The molecule has 1 N–H and O–H groups in total. The first-order chi connectivity index (χ1) is 18.0. The van der Waals surface area contributed by atoms with E-state index >= 15 is 0 Å². The summed E-state index contributed by atoms with van der Waals surface area (Å²) < 4.78 is 7.01. The second-order valence-electron chi connectivity index (χ2n) is 8.77. The highest BCUT2D eigenvalue weighted by atomic mass is 16.3. The van der Waals surface area contributed by atoms with E-state index < -0.39 is 0 Å². The van der Waals surface area contributed by atoms with Crippen molar-refractivity contribution in [2.45, 2.75) is 13.5 Å². The predicted molar refractivity (Wildman–Crippen MR) is 143 cm³/mol. The summed E-state index contributed by atoms with van der Waals surface area (Å²) in [5, 5.41) is 7.67. The maximum Gasteiger partial charge on any atom is 0.291 e. The quantitative estimate of drug-likeness (QED) is 0.305. The van der Waals surface area contributed by atoms with Crippen LogP contribution in [0.2, 0.25) is 0 Å². The minimum absolute atomic E-state index is 0.167. The van der Waals surface area contributed by atoms with Crippen LogP contribution in [0.25, 0.3) is 16.9 Å². The van der Waals surface area contributed by atoms with Gasteiger partial charge in [-0.3, -0.25) is 9.59 Å². The number of nitrogens with one attached hydrogen (secondary N) is 1. The van der Waals surface area contributed by atoms with Gasteiger partial charge in [0.25, 0.3) is 11.8 Å². The molecule has 0 bridgehead atoms. The third-order valence-corrected chi connectivity index (χ3v) is 6.09. The molecule has 0 atom stereocenters. The first-order valence-corrected chi connectivity index (χ1v) is 11.9. The number of anilines is 1. The molecule has 184 valence electrons. The largest absolute Gasteiger partial charge is 0.459 e. The van der Waals surface area contributed by atoms with Crippen LogP contribution in [0.4, 0.5) is 5.69 Å². The van der Waals surface area contributed by atoms with Crippen molar-refractivity contribution in [3.8, 4) is 16.9 Å². The van der Waals surface area contributed by atoms with Crippen molar-refractivity contribution >= 4 is 17.5 Å². The van der Waals surface area contributed by atoms with Gasteiger partial charge >= 0.3 is 0 Å². The molecular formula is C30H26N4O3. The minimum atomic E-state index is -0.369. The van der Waals surface area contributed by atoms with Gasteiger partial charge in [-0.1, -0.05) is 54.6 Å². The van der Waals surface area contributed by atoms with Gasteiger partial charge < -0.3 is 14.6 Å².